The van der Waals surface area contributed by atoms with Crippen molar-refractivity contribution in [1.82, 2.24) is 19.6 Å². The average Bonchev–Trinajstić information content (AvgIpc) is 3.29. The molecule has 0 saturated carbocycles. The summed E-state index contributed by atoms with van der Waals surface area (Å²) < 4.78 is 3.03. The fourth-order valence-corrected chi connectivity index (χ4v) is 6.69. The summed E-state index contributed by atoms with van der Waals surface area (Å²) in [4.78, 5) is 37.4. The van der Waals surface area contributed by atoms with Crippen LogP contribution in [0.25, 0.3) is 26.1 Å². The highest BCUT2D eigenvalue weighted by Gasteiger charge is 2.23. The number of hydrogen-bond acceptors (Lipinski definition) is 6. The van der Waals surface area contributed by atoms with E-state index in [9.17, 15) is 9.59 Å². The van der Waals surface area contributed by atoms with Gasteiger partial charge in [-0.05, 0) is 63.4 Å². The molecule has 5 heterocycles. The highest BCUT2D eigenvalue weighted by atomic mass is 32.1. The smallest absolute Gasteiger partial charge is 0.258 e. The van der Waals surface area contributed by atoms with Crippen LogP contribution in [0.4, 0.5) is 5.69 Å². The maximum atomic E-state index is 13.8. The molecular weight excluding hydrogens is 458 g/mol. The summed E-state index contributed by atoms with van der Waals surface area (Å²) in [6.45, 7) is 5.47. The first kappa shape index (κ1) is 22.5. The van der Waals surface area contributed by atoms with Crippen molar-refractivity contribution in [2.75, 3.05) is 44.2 Å². The molecule has 2 aliphatic rings. The molecule has 7 nitrogen and oxygen atoms in total. The van der Waals surface area contributed by atoms with Crippen LogP contribution in [0.5, 0.6) is 0 Å². The Morgan fingerprint density at radius 2 is 1.77 bits per heavy atom. The first-order chi connectivity index (χ1) is 17.2. The molecule has 0 unspecified atom stereocenters. The normalized spacial score (nSPS) is 17.4. The van der Waals surface area contributed by atoms with E-state index in [4.69, 9.17) is 4.98 Å². The van der Waals surface area contributed by atoms with E-state index in [-0.39, 0.29) is 18.3 Å². The van der Waals surface area contributed by atoms with Crippen molar-refractivity contribution < 1.29 is 6.22 Å². The van der Waals surface area contributed by atoms with E-state index in [2.05, 4.69) is 15.1 Å². The van der Waals surface area contributed by atoms with Gasteiger partial charge >= 0.3 is 0 Å². The maximum absolute atomic E-state index is 13.8. The van der Waals surface area contributed by atoms with Crippen molar-refractivity contribution in [1.29, 1.82) is 0 Å². The lowest BCUT2D eigenvalue weighted by molar-refractivity contribution is 0.0947. The Morgan fingerprint density at radius 3 is 2.57 bits per heavy atom. The van der Waals surface area contributed by atoms with Gasteiger partial charge in [0, 0.05) is 27.6 Å². The molecule has 184 valence electrons. The van der Waals surface area contributed by atoms with Gasteiger partial charge in [0.1, 0.15) is 16.0 Å². The first-order valence-electron chi connectivity index (χ1n) is 12.8. The van der Waals surface area contributed by atoms with Gasteiger partial charge in [0.25, 0.3) is 5.91 Å². The number of carbonyl (C=O) groups excluding carboxylic acids is 1. The van der Waals surface area contributed by atoms with Crippen LogP contribution in [0.15, 0.2) is 41.3 Å². The maximum Gasteiger partial charge on any atom is 0.258 e. The van der Waals surface area contributed by atoms with Crippen molar-refractivity contribution in [3.8, 4) is 0 Å². The molecule has 1 N–H and O–H groups in total. The third kappa shape index (κ3) is 4.19. The third-order valence-electron chi connectivity index (χ3n) is 7.38. The Hall–Kier alpha value is -2.97. The van der Waals surface area contributed by atoms with Gasteiger partial charge in [0.2, 0.25) is 5.43 Å². The summed E-state index contributed by atoms with van der Waals surface area (Å²) in [7, 11) is 0. The number of aromatic nitrogens is 2. The zero-order valence-electron chi connectivity index (χ0n) is 20.0. The van der Waals surface area contributed by atoms with Crippen LogP contribution < -0.4 is 15.6 Å². The summed E-state index contributed by atoms with van der Waals surface area (Å²) in [5.74, 6) is -0.290. The van der Waals surface area contributed by atoms with Crippen molar-refractivity contribution in [2.24, 2.45) is 0 Å². The van der Waals surface area contributed by atoms with Gasteiger partial charge in [-0.25, -0.2) is 4.98 Å². The number of amides is 1. The Balaban J connectivity index is 0.00000267. The predicted octanol–water partition coefficient (Wildman–Crippen LogP) is 4.51. The zero-order valence-corrected chi connectivity index (χ0v) is 20.8. The summed E-state index contributed by atoms with van der Waals surface area (Å²) in [5.41, 5.74) is 2.56. The summed E-state index contributed by atoms with van der Waals surface area (Å²) in [6.07, 6.45) is 9.14. The van der Waals surface area contributed by atoms with E-state index >= 15 is 0 Å². The molecule has 8 heteroatoms. The largest absolute Gasteiger partial charge is 0.370 e. The number of thiazole rings is 1. The Labute approximate surface area is 209 Å². The number of piperidine rings is 2. The van der Waals surface area contributed by atoms with Crippen LogP contribution in [0.3, 0.4) is 0 Å². The number of rotatable bonds is 5. The molecule has 0 radical (unpaired) electrons. The van der Waals surface area contributed by atoms with Gasteiger partial charge in [-0.2, -0.15) is 0 Å². The first-order valence-corrected chi connectivity index (χ1v) is 13.6. The van der Waals surface area contributed by atoms with Crippen molar-refractivity contribution >= 4 is 49.0 Å². The number of likely N-dealkylation sites (tertiary alicyclic amines) is 1. The summed E-state index contributed by atoms with van der Waals surface area (Å²) in [5, 5.41) is 3.56. The standard InChI is InChI=1S/C27H31N5O2S.H2/c33-24-20-17-19(31-14-7-2-8-15-31)18-29-25(20)32-21-9-3-4-10-22(21)35-27(32)23(24)26(34)28-11-16-30-12-5-1-6-13-30;/h3-4,9-10,17-18H,1-2,5-8,11-16H2,(H,28,34);1H. The molecule has 0 atom stereocenters. The molecule has 0 aliphatic carbocycles. The second kappa shape index (κ2) is 9.59. The number of benzene rings is 1. The molecular formula is C27H33N5O2S. The fraction of sp³-hybridized carbons (Fsp3) is 0.444. The van der Waals surface area contributed by atoms with Crippen LogP contribution >= 0.6 is 11.3 Å². The van der Waals surface area contributed by atoms with Crippen molar-refractivity contribution in [3.63, 3.8) is 0 Å². The lowest BCUT2D eigenvalue weighted by atomic mass is 10.1. The number of nitrogens with zero attached hydrogens (tertiary/aromatic N) is 4. The van der Waals surface area contributed by atoms with Crippen molar-refractivity contribution in [2.45, 2.75) is 38.5 Å². The number of anilines is 1. The quantitative estimate of drug-likeness (QED) is 0.445. The molecule has 3 aromatic heterocycles. The second-order valence-corrected chi connectivity index (χ2v) is 10.7. The highest BCUT2D eigenvalue weighted by Crippen LogP contribution is 2.31. The lowest BCUT2D eigenvalue weighted by Crippen LogP contribution is -2.38. The van der Waals surface area contributed by atoms with E-state index < -0.39 is 0 Å². The topological polar surface area (TPSA) is 70.0 Å². The van der Waals surface area contributed by atoms with Gasteiger partial charge in [-0.15, -0.1) is 11.3 Å². The van der Waals surface area contributed by atoms with Crippen LogP contribution in [-0.4, -0.2) is 59.5 Å². The van der Waals surface area contributed by atoms with Crippen molar-refractivity contribution in [3.05, 3.63) is 52.3 Å². The van der Waals surface area contributed by atoms with Gasteiger partial charge in [0.05, 0.1) is 27.5 Å². The van der Waals surface area contributed by atoms with Gasteiger partial charge in [-0.3, -0.25) is 14.0 Å². The molecule has 2 saturated heterocycles. The van der Waals surface area contributed by atoms with E-state index in [0.29, 0.717) is 22.4 Å². The fourth-order valence-electron chi connectivity index (χ4n) is 5.51. The SMILES string of the molecule is O=C(NCCN1CCCCC1)c1c(=O)c2cc(N3CCCCC3)cnc2n2c1sc1ccccc12.[HH]. The van der Waals surface area contributed by atoms with E-state index in [1.54, 1.807) is 0 Å². The molecule has 2 fully saturated rings. The van der Waals surface area contributed by atoms with Crippen LogP contribution in [0.1, 0.15) is 50.3 Å². The van der Waals surface area contributed by atoms with Crippen LogP contribution in [-0.2, 0) is 0 Å². The van der Waals surface area contributed by atoms with Gasteiger partial charge in [0.15, 0.2) is 0 Å². The average molecular weight is 492 g/mol. The molecule has 2 aliphatic heterocycles. The predicted molar refractivity (Wildman–Crippen MR) is 145 cm³/mol. The van der Waals surface area contributed by atoms with Gasteiger partial charge in [-0.1, -0.05) is 18.6 Å². The third-order valence-corrected chi connectivity index (χ3v) is 8.52. The number of hydrogen-bond donors (Lipinski definition) is 1. The second-order valence-electron chi connectivity index (χ2n) is 9.69. The number of fused-ring (bicyclic) bond motifs is 5. The number of carbonyl (C=O) groups is 1. The van der Waals surface area contributed by atoms with E-state index in [1.807, 2.05) is 40.9 Å². The number of nitrogens with one attached hydrogen (secondary N) is 1. The highest BCUT2D eigenvalue weighted by molar-refractivity contribution is 7.24. The lowest BCUT2D eigenvalue weighted by Gasteiger charge is -2.28. The Bertz CT molecular complexity index is 1450. The molecule has 4 aromatic rings. The Kier molecular flexibility index (Phi) is 6.16. The van der Waals surface area contributed by atoms with Crippen LogP contribution in [0, 0.1) is 0 Å². The minimum atomic E-state index is -0.290. The molecule has 0 bridgehead atoms. The number of para-hydroxylation sites is 1. The molecule has 1 amide bonds. The summed E-state index contributed by atoms with van der Waals surface area (Å²) in [6, 6.07) is 9.97. The molecule has 35 heavy (non-hydrogen) atoms. The molecule has 0 spiro atoms. The summed E-state index contributed by atoms with van der Waals surface area (Å²) >= 11 is 1.48. The zero-order chi connectivity index (χ0) is 23.8. The van der Waals surface area contributed by atoms with E-state index in [0.717, 1.165) is 61.5 Å². The van der Waals surface area contributed by atoms with Gasteiger partial charge < -0.3 is 15.1 Å². The minimum absolute atomic E-state index is 0. The van der Waals surface area contributed by atoms with E-state index in [1.165, 1.54) is 37.0 Å². The van der Waals surface area contributed by atoms with Crippen LogP contribution in [0.2, 0.25) is 0 Å². The monoisotopic (exact) mass is 491 g/mol. The Morgan fingerprint density at radius 1 is 1.03 bits per heavy atom. The minimum Gasteiger partial charge on any atom is -0.370 e. The number of pyridine rings is 2. The molecule has 1 aromatic carbocycles. The molecule has 6 rings (SSSR count).